The Bertz CT molecular complexity index is 1170. The highest BCUT2D eigenvalue weighted by atomic mass is 16.6. The molecule has 0 atom stereocenters. The summed E-state index contributed by atoms with van der Waals surface area (Å²) < 4.78 is 5.54. The molecule has 0 aliphatic carbocycles. The van der Waals surface area contributed by atoms with Crippen LogP contribution in [-0.2, 0) is 9.59 Å². The van der Waals surface area contributed by atoms with E-state index in [-0.39, 0.29) is 28.3 Å². The van der Waals surface area contributed by atoms with E-state index >= 15 is 0 Å². The Morgan fingerprint density at radius 1 is 1.03 bits per heavy atom. The topological polar surface area (TPSA) is 129 Å². The first-order valence-electron chi connectivity index (χ1n) is 8.42. The van der Waals surface area contributed by atoms with Crippen molar-refractivity contribution in [1.29, 1.82) is 0 Å². The molecule has 1 aromatic heterocycles. The molecule has 1 aliphatic heterocycles. The summed E-state index contributed by atoms with van der Waals surface area (Å²) in [6, 6.07) is 14.8. The molecule has 9 nitrogen and oxygen atoms in total. The fourth-order valence-corrected chi connectivity index (χ4v) is 2.86. The molecule has 3 aromatic rings. The van der Waals surface area contributed by atoms with Crippen LogP contribution in [0.25, 0.3) is 17.4 Å². The molecule has 1 fully saturated rings. The van der Waals surface area contributed by atoms with Crippen molar-refractivity contribution in [3.8, 4) is 17.1 Å². The van der Waals surface area contributed by atoms with E-state index in [4.69, 9.17) is 4.42 Å². The van der Waals surface area contributed by atoms with Crippen LogP contribution in [0.5, 0.6) is 5.75 Å². The number of benzene rings is 2. The van der Waals surface area contributed by atoms with Crippen molar-refractivity contribution in [2.24, 2.45) is 0 Å². The number of carbonyl (C=O) groups is 2. The molecule has 1 aliphatic rings. The lowest BCUT2D eigenvalue weighted by Gasteiger charge is -2.13. The molecular weight excluding hydrogens is 378 g/mol. The maximum Gasteiger partial charge on any atom is 0.282 e. The number of hydrogen-bond donors (Lipinski definition) is 1. The molecule has 0 unspecified atom stereocenters. The maximum absolute atomic E-state index is 12.6. The normalized spacial score (nSPS) is 15.0. The molecule has 2 aromatic carbocycles. The van der Waals surface area contributed by atoms with Crippen LogP contribution in [0.15, 0.2) is 70.7 Å². The first-order valence-corrected chi connectivity index (χ1v) is 8.42. The van der Waals surface area contributed by atoms with Gasteiger partial charge >= 0.3 is 0 Å². The van der Waals surface area contributed by atoms with E-state index in [1.165, 1.54) is 18.2 Å². The number of furan rings is 1. The number of hydrogen-bond acceptors (Lipinski definition) is 6. The molecule has 4 rings (SSSR count). The summed E-state index contributed by atoms with van der Waals surface area (Å²) in [5.41, 5.74) is 2.59. The predicted molar refractivity (Wildman–Crippen MR) is 100 cm³/mol. The van der Waals surface area contributed by atoms with E-state index in [9.17, 15) is 24.8 Å². The average Bonchev–Trinajstić information content (AvgIpc) is 3.29. The van der Waals surface area contributed by atoms with E-state index in [0.29, 0.717) is 5.69 Å². The summed E-state index contributed by atoms with van der Waals surface area (Å²) in [5, 5.41) is 24.1. The number of hydrazine groups is 1. The van der Waals surface area contributed by atoms with Crippen LogP contribution in [0.1, 0.15) is 5.76 Å². The molecule has 1 N–H and O–H groups in total. The Balaban J connectivity index is 1.65. The molecule has 0 spiro atoms. The smallest absolute Gasteiger partial charge is 0.282 e. The molecular formula is C20H12N3O6-. The van der Waals surface area contributed by atoms with Crippen LogP contribution in [-0.4, -0.2) is 16.7 Å². The molecule has 29 heavy (non-hydrogen) atoms. The van der Waals surface area contributed by atoms with Crippen LogP contribution in [0.2, 0.25) is 0 Å². The summed E-state index contributed by atoms with van der Waals surface area (Å²) in [4.78, 5) is 35.1. The Labute approximate surface area is 163 Å². The first-order chi connectivity index (χ1) is 13.9. The van der Waals surface area contributed by atoms with Gasteiger partial charge in [0, 0.05) is 17.7 Å². The Morgan fingerprint density at radius 2 is 1.79 bits per heavy atom. The number of anilines is 1. The van der Waals surface area contributed by atoms with E-state index in [1.807, 2.05) is 0 Å². The second-order valence-electron chi connectivity index (χ2n) is 6.11. The SMILES string of the molecule is O=C1NN(c2ccccc2)C(=O)/C1=C/c1ccc(-c2cc([N+](=O)[O-])ccc2[O-])o1. The van der Waals surface area contributed by atoms with Gasteiger partial charge in [0.15, 0.2) is 0 Å². The number of carbonyl (C=O) groups excluding carboxylic acids is 2. The Morgan fingerprint density at radius 3 is 2.52 bits per heavy atom. The largest absolute Gasteiger partial charge is 0.872 e. The third kappa shape index (κ3) is 3.32. The van der Waals surface area contributed by atoms with Gasteiger partial charge < -0.3 is 9.52 Å². The average molecular weight is 390 g/mol. The van der Waals surface area contributed by atoms with Gasteiger partial charge in [-0.2, -0.15) is 0 Å². The van der Waals surface area contributed by atoms with Crippen LogP contribution in [0.3, 0.4) is 0 Å². The molecule has 9 heteroatoms. The van der Waals surface area contributed by atoms with Gasteiger partial charge in [0.2, 0.25) is 0 Å². The van der Waals surface area contributed by atoms with Crippen LogP contribution in [0, 0.1) is 10.1 Å². The van der Waals surface area contributed by atoms with Crippen LogP contribution < -0.4 is 15.5 Å². The van der Waals surface area contributed by atoms with Crippen molar-refractivity contribution >= 4 is 29.3 Å². The minimum atomic E-state index is -0.617. The van der Waals surface area contributed by atoms with Crippen molar-refractivity contribution in [2.75, 3.05) is 5.01 Å². The van der Waals surface area contributed by atoms with E-state index in [0.717, 1.165) is 23.2 Å². The second kappa shape index (κ2) is 6.97. The second-order valence-corrected chi connectivity index (χ2v) is 6.11. The van der Waals surface area contributed by atoms with Gasteiger partial charge in [-0.05, 0) is 30.3 Å². The minimum absolute atomic E-state index is 0.0111. The lowest BCUT2D eigenvalue weighted by Crippen LogP contribution is -2.35. The fourth-order valence-electron chi connectivity index (χ4n) is 2.86. The number of nitrogens with one attached hydrogen (secondary N) is 1. The lowest BCUT2D eigenvalue weighted by molar-refractivity contribution is -0.385. The monoisotopic (exact) mass is 390 g/mol. The molecule has 144 valence electrons. The van der Waals surface area contributed by atoms with Gasteiger partial charge in [-0.15, -0.1) is 0 Å². The van der Waals surface area contributed by atoms with E-state index in [2.05, 4.69) is 5.43 Å². The molecule has 0 saturated carbocycles. The maximum atomic E-state index is 12.6. The van der Waals surface area contributed by atoms with Gasteiger partial charge in [-0.25, -0.2) is 5.01 Å². The number of amides is 2. The molecule has 2 heterocycles. The third-order valence-electron chi connectivity index (χ3n) is 4.26. The number of nitrogens with zero attached hydrogens (tertiary/aromatic N) is 2. The van der Waals surface area contributed by atoms with Crippen molar-refractivity contribution in [3.63, 3.8) is 0 Å². The zero-order chi connectivity index (χ0) is 20.5. The summed E-state index contributed by atoms with van der Waals surface area (Å²) >= 11 is 0. The van der Waals surface area contributed by atoms with Gasteiger partial charge in [0.1, 0.15) is 17.1 Å². The molecule has 2 amide bonds. The zero-order valence-electron chi connectivity index (χ0n) is 14.7. The highest BCUT2D eigenvalue weighted by Gasteiger charge is 2.34. The number of para-hydroxylation sites is 1. The lowest BCUT2D eigenvalue weighted by atomic mass is 10.1. The number of non-ortho nitro benzene ring substituents is 1. The predicted octanol–water partition coefficient (Wildman–Crippen LogP) is 2.39. The number of nitro groups is 1. The standard InChI is InChI=1S/C20H13N3O6/c24-17-8-6-13(23(27)28)10-15(17)18-9-7-14(29-18)11-16-19(25)21-22(20(16)26)12-4-2-1-3-5-12/h1-11,24H,(H,21,25)/p-1/b16-11+. The summed E-state index contributed by atoms with van der Waals surface area (Å²) in [6.07, 6.45) is 1.26. The molecule has 1 saturated heterocycles. The van der Waals surface area contributed by atoms with Crippen molar-refractivity contribution < 1.29 is 24.0 Å². The third-order valence-corrected chi connectivity index (χ3v) is 4.26. The van der Waals surface area contributed by atoms with Gasteiger partial charge in [0.05, 0.1) is 10.6 Å². The van der Waals surface area contributed by atoms with Crippen LogP contribution >= 0.6 is 0 Å². The van der Waals surface area contributed by atoms with Gasteiger partial charge in [-0.3, -0.25) is 25.1 Å². The highest BCUT2D eigenvalue weighted by molar-refractivity contribution is 6.31. The number of rotatable bonds is 4. The molecule has 0 bridgehead atoms. The zero-order valence-corrected chi connectivity index (χ0v) is 14.7. The van der Waals surface area contributed by atoms with Crippen molar-refractivity contribution in [2.45, 2.75) is 0 Å². The summed E-state index contributed by atoms with van der Waals surface area (Å²) in [5.74, 6) is -1.36. The first kappa shape index (κ1) is 18.0. The van der Waals surface area contributed by atoms with Crippen molar-refractivity contribution in [1.82, 2.24) is 5.43 Å². The van der Waals surface area contributed by atoms with E-state index in [1.54, 1.807) is 30.3 Å². The number of nitro benzene ring substituents is 1. The van der Waals surface area contributed by atoms with Gasteiger partial charge in [0.25, 0.3) is 17.5 Å². The van der Waals surface area contributed by atoms with Crippen molar-refractivity contribution in [3.05, 3.63) is 82.1 Å². The van der Waals surface area contributed by atoms with Gasteiger partial charge in [-0.1, -0.05) is 30.0 Å². The summed E-state index contributed by atoms with van der Waals surface area (Å²) in [7, 11) is 0. The molecule has 0 radical (unpaired) electrons. The summed E-state index contributed by atoms with van der Waals surface area (Å²) in [6.45, 7) is 0. The highest BCUT2D eigenvalue weighted by Crippen LogP contribution is 2.33. The van der Waals surface area contributed by atoms with Crippen LogP contribution in [0.4, 0.5) is 11.4 Å². The Kier molecular flexibility index (Phi) is 4.32. The van der Waals surface area contributed by atoms with E-state index < -0.39 is 22.5 Å². The quantitative estimate of drug-likeness (QED) is 0.315. The Hall–Kier alpha value is -4.40. The minimum Gasteiger partial charge on any atom is -0.872 e. The fraction of sp³-hybridized carbons (Fsp3) is 0.